The van der Waals surface area contributed by atoms with E-state index >= 15 is 0 Å². The van der Waals surface area contributed by atoms with Crippen LogP contribution in [0, 0.1) is 0 Å². The molecule has 0 heterocycles. The lowest BCUT2D eigenvalue weighted by Crippen LogP contribution is -2.03. The maximum Gasteiger partial charge on any atom is 0.335 e. The number of unbranched alkanes of at least 4 members (excludes halogenated alkanes) is 3. The summed E-state index contributed by atoms with van der Waals surface area (Å²) in [4.78, 5) is 12.4. The summed E-state index contributed by atoms with van der Waals surface area (Å²) in [6.07, 6.45) is 4.75. The number of carbonyl (C=O) groups is 1. The SMILES string of the molecule is CCCCCCOc1ccc(C2C(C(=O)OCC)=C2c2ccc(N)cc2)cc1. The van der Waals surface area contributed by atoms with E-state index in [1.165, 1.54) is 19.3 Å². The summed E-state index contributed by atoms with van der Waals surface area (Å²) in [5.74, 6) is 0.601. The van der Waals surface area contributed by atoms with Crippen LogP contribution in [0.3, 0.4) is 0 Å². The monoisotopic (exact) mass is 379 g/mol. The quantitative estimate of drug-likeness (QED) is 0.344. The van der Waals surface area contributed by atoms with E-state index in [-0.39, 0.29) is 11.9 Å². The molecule has 0 radical (unpaired) electrons. The molecule has 4 nitrogen and oxygen atoms in total. The Morgan fingerprint density at radius 2 is 1.68 bits per heavy atom. The van der Waals surface area contributed by atoms with Gasteiger partial charge in [0.1, 0.15) is 5.75 Å². The second kappa shape index (κ2) is 9.45. The minimum absolute atomic E-state index is 0.0266. The van der Waals surface area contributed by atoms with E-state index in [0.29, 0.717) is 12.3 Å². The third-order valence-corrected chi connectivity index (χ3v) is 4.98. The predicted octanol–water partition coefficient (Wildman–Crippen LogP) is 5.34. The van der Waals surface area contributed by atoms with Gasteiger partial charge < -0.3 is 15.2 Å². The van der Waals surface area contributed by atoms with Gasteiger partial charge in [-0.3, -0.25) is 0 Å². The Bertz CT molecular complexity index is 822. The van der Waals surface area contributed by atoms with Crippen LogP contribution in [0.1, 0.15) is 56.6 Å². The van der Waals surface area contributed by atoms with E-state index in [0.717, 1.165) is 41.1 Å². The highest BCUT2D eigenvalue weighted by molar-refractivity contribution is 6.13. The van der Waals surface area contributed by atoms with Gasteiger partial charge in [-0.2, -0.15) is 0 Å². The number of rotatable bonds is 10. The van der Waals surface area contributed by atoms with E-state index in [1.54, 1.807) is 0 Å². The molecule has 3 rings (SSSR count). The summed E-state index contributed by atoms with van der Waals surface area (Å²) in [5.41, 5.74) is 10.4. The molecule has 0 saturated carbocycles. The summed E-state index contributed by atoms with van der Waals surface area (Å²) >= 11 is 0. The van der Waals surface area contributed by atoms with Gasteiger partial charge in [-0.15, -0.1) is 0 Å². The molecule has 2 N–H and O–H groups in total. The molecule has 1 atom stereocenters. The van der Waals surface area contributed by atoms with Gasteiger partial charge in [0.15, 0.2) is 0 Å². The second-order valence-electron chi connectivity index (χ2n) is 7.08. The topological polar surface area (TPSA) is 61.5 Å². The molecule has 0 bridgehead atoms. The fourth-order valence-electron chi connectivity index (χ4n) is 3.45. The molecule has 148 valence electrons. The first-order chi connectivity index (χ1) is 13.7. The van der Waals surface area contributed by atoms with Crippen LogP contribution in [-0.2, 0) is 9.53 Å². The first-order valence-corrected chi connectivity index (χ1v) is 10.2. The van der Waals surface area contributed by atoms with Gasteiger partial charge in [0.05, 0.1) is 18.8 Å². The van der Waals surface area contributed by atoms with E-state index in [1.807, 2.05) is 55.5 Å². The molecule has 2 aromatic rings. The van der Waals surface area contributed by atoms with Crippen LogP contribution in [0.4, 0.5) is 5.69 Å². The number of nitrogens with two attached hydrogens (primary N) is 1. The number of carbonyl (C=O) groups excluding carboxylic acids is 1. The normalized spacial score (nSPS) is 15.4. The Morgan fingerprint density at radius 1 is 0.964 bits per heavy atom. The third-order valence-electron chi connectivity index (χ3n) is 4.98. The molecule has 2 aromatic carbocycles. The van der Waals surface area contributed by atoms with E-state index in [2.05, 4.69) is 6.92 Å². The standard InChI is InChI=1S/C24H29NO3/c1-3-5-6-7-16-28-20-14-10-18(11-15-20)22-21(23(22)24(26)27-4-2)17-8-12-19(25)13-9-17/h8-15,22H,3-7,16,25H2,1-2H3. The van der Waals surface area contributed by atoms with Gasteiger partial charge in [0, 0.05) is 11.6 Å². The maximum atomic E-state index is 12.4. The van der Waals surface area contributed by atoms with Crippen LogP contribution in [0.25, 0.3) is 5.57 Å². The molecule has 0 spiro atoms. The fraction of sp³-hybridized carbons (Fsp3) is 0.375. The van der Waals surface area contributed by atoms with E-state index in [4.69, 9.17) is 15.2 Å². The summed E-state index contributed by atoms with van der Waals surface area (Å²) in [6, 6.07) is 15.7. The lowest BCUT2D eigenvalue weighted by Gasteiger charge is -2.08. The van der Waals surface area contributed by atoms with Crippen LogP contribution < -0.4 is 10.5 Å². The second-order valence-corrected chi connectivity index (χ2v) is 7.08. The highest BCUT2D eigenvalue weighted by Gasteiger charge is 2.44. The minimum atomic E-state index is -0.240. The zero-order valence-electron chi connectivity index (χ0n) is 16.7. The number of anilines is 1. The summed E-state index contributed by atoms with van der Waals surface area (Å²) in [5, 5.41) is 0. The van der Waals surface area contributed by atoms with Gasteiger partial charge in [-0.25, -0.2) is 4.79 Å². The fourth-order valence-corrected chi connectivity index (χ4v) is 3.45. The van der Waals surface area contributed by atoms with Crippen molar-refractivity contribution in [2.75, 3.05) is 18.9 Å². The van der Waals surface area contributed by atoms with Gasteiger partial charge in [-0.05, 0) is 54.3 Å². The van der Waals surface area contributed by atoms with Crippen molar-refractivity contribution in [1.82, 2.24) is 0 Å². The number of esters is 1. The van der Waals surface area contributed by atoms with Crippen molar-refractivity contribution in [2.24, 2.45) is 0 Å². The van der Waals surface area contributed by atoms with Crippen LogP contribution in [0.2, 0.25) is 0 Å². The molecule has 0 aliphatic heterocycles. The lowest BCUT2D eigenvalue weighted by molar-refractivity contribution is -0.138. The molecule has 1 unspecified atom stereocenters. The largest absolute Gasteiger partial charge is 0.494 e. The van der Waals surface area contributed by atoms with Crippen LogP contribution in [0.5, 0.6) is 5.75 Å². The number of nitrogen functional groups attached to an aromatic ring is 1. The van der Waals surface area contributed by atoms with Crippen molar-refractivity contribution in [3.63, 3.8) is 0 Å². The van der Waals surface area contributed by atoms with Crippen molar-refractivity contribution < 1.29 is 14.3 Å². The number of hydrogen-bond donors (Lipinski definition) is 1. The highest BCUT2D eigenvalue weighted by Crippen LogP contribution is 2.54. The Morgan fingerprint density at radius 3 is 2.32 bits per heavy atom. The summed E-state index contributed by atoms with van der Waals surface area (Å²) < 4.78 is 11.1. The molecule has 0 aromatic heterocycles. The smallest absolute Gasteiger partial charge is 0.335 e. The van der Waals surface area contributed by atoms with Crippen molar-refractivity contribution in [3.05, 3.63) is 65.2 Å². The number of ether oxygens (including phenoxy) is 2. The molecular formula is C24H29NO3. The Balaban J connectivity index is 1.69. The molecule has 1 aliphatic carbocycles. The van der Waals surface area contributed by atoms with Crippen LogP contribution >= 0.6 is 0 Å². The molecule has 0 saturated heterocycles. The van der Waals surface area contributed by atoms with Crippen LogP contribution in [0.15, 0.2) is 54.1 Å². The minimum Gasteiger partial charge on any atom is -0.494 e. The molecule has 0 fully saturated rings. The Labute approximate surface area is 167 Å². The van der Waals surface area contributed by atoms with Gasteiger partial charge in [0.25, 0.3) is 0 Å². The average Bonchev–Trinajstić information content (AvgIpc) is 3.45. The van der Waals surface area contributed by atoms with E-state index < -0.39 is 0 Å². The summed E-state index contributed by atoms with van der Waals surface area (Å²) in [7, 11) is 0. The third kappa shape index (κ3) is 4.75. The molecule has 28 heavy (non-hydrogen) atoms. The highest BCUT2D eigenvalue weighted by atomic mass is 16.5. The van der Waals surface area contributed by atoms with E-state index in [9.17, 15) is 4.79 Å². The zero-order chi connectivity index (χ0) is 19.9. The van der Waals surface area contributed by atoms with Crippen molar-refractivity contribution >= 4 is 17.2 Å². The first kappa shape index (κ1) is 20.0. The molecule has 0 amide bonds. The Hall–Kier alpha value is -2.75. The maximum absolute atomic E-state index is 12.4. The average molecular weight is 380 g/mol. The number of benzene rings is 2. The number of allylic oxidation sites excluding steroid dienone is 1. The lowest BCUT2D eigenvalue weighted by atomic mass is 10.0. The van der Waals surface area contributed by atoms with Crippen molar-refractivity contribution in [2.45, 2.75) is 45.4 Å². The van der Waals surface area contributed by atoms with Gasteiger partial charge >= 0.3 is 5.97 Å². The molecule has 4 heteroatoms. The summed E-state index contributed by atoms with van der Waals surface area (Å²) in [6.45, 7) is 5.14. The number of hydrogen-bond acceptors (Lipinski definition) is 4. The predicted molar refractivity (Wildman–Crippen MR) is 113 cm³/mol. The van der Waals surface area contributed by atoms with Crippen molar-refractivity contribution in [3.8, 4) is 5.75 Å². The Kier molecular flexibility index (Phi) is 6.75. The first-order valence-electron chi connectivity index (χ1n) is 10.2. The van der Waals surface area contributed by atoms with Gasteiger partial charge in [0.2, 0.25) is 0 Å². The molecule has 1 aliphatic rings. The van der Waals surface area contributed by atoms with Crippen molar-refractivity contribution in [1.29, 1.82) is 0 Å². The van der Waals surface area contributed by atoms with Gasteiger partial charge in [-0.1, -0.05) is 50.5 Å². The van der Waals surface area contributed by atoms with Crippen LogP contribution in [-0.4, -0.2) is 19.2 Å². The molecular weight excluding hydrogens is 350 g/mol. The zero-order valence-corrected chi connectivity index (χ0v) is 16.7.